The summed E-state index contributed by atoms with van der Waals surface area (Å²) in [6.45, 7) is 3.80. The Bertz CT molecular complexity index is 631. The third-order valence-corrected chi connectivity index (χ3v) is 3.24. The van der Waals surface area contributed by atoms with E-state index in [1.165, 1.54) is 6.07 Å². The van der Waals surface area contributed by atoms with Crippen molar-refractivity contribution in [1.29, 1.82) is 0 Å². The fourth-order valence-corrected chi connectivity index (χ4v) is 1.99. The second-order valence-corrected chi connectivity index (χ2v) is 5.05. The highest BCUT2D eigenvalue weighted by atomic mass is 79.9. The molecule has 2 N–H and O–H groups in total. The van der Waals surface area contributed by atoms with Crippen molar-refractivity contribution in [3.63, 3.8) is 0 Å². The maximum Gasteiger partial charge on any atom is 0.223 e. The lowest BCUT2D eigenvalue weighted by Gasteiger charge is -2.09. The summed E-state index contributed by atoms with van der Waals surface area (Å²) in [6.07, 6.45) is 0. The first-order valence-electron chi connectivity index (χ1n) is 5.55. The molecule has 0 spiro atoms. The summed E-state index contributed by atoms with van der Waals surface area (Å²) in [5.41, 5.74) is 5.94. The minimum absolute atomic E-state index is 0.0344. The molecule has 0 amide bonds. The normalized spacial score (nSPS) is 11.1. The van der Waals surface area contributed by atoms with Gasteiger partial charge in [0.15, 0.2) is 17.5 Å². The highest BCUT2D eigenvalue weighted by Crippen LogP contribution is 2.30. The van der Waals surface area contributed by atoms with Crippen LogP contribution in [-0.2, 0) is 0 Å². The van der Waals surface area contributed by atoms with Gasteiger partial charge in [0.1, 0.15) is 5.82 Å². The number of anilines is 1. The fraction of sp³-hybridized carbons (Fsp3) is 0.250. The molecule has 0 unspecified atom stereocenters. The lowest BCUT2D eigenvalue weighted by molar-refractivity contribution is 0.504. The third-order valence-electron chi connectivity index (χ3n) is 2.46. The first-order chi connectivity index (χ1) is 8.90. The fourth-order valence-electron chi connectivity index (χ4n) is 1.49. The van der Waals surface area contributed by atoms with E-state index in [2.05, 4.69) is 30.9 Å². The molecular formula is C12H11BrF2N4. The van der Waals surface area contributed by atoms with E-state index in [1.807, 2.05) is 13.8 Å². The second kappa shape index (κ2) is 5.16. The first kappa shape index (κ1) is 13.8. The maximum atomic E-state index is 13.5. The molecule has 1 heterocycles. The average Bonchev–Trinajstić information content (AvgIpc) is 2.35. The van der Waals surface area contributed by atoms with Gasteiger partial charge in [-0.1, -0.05) is 13.8 Å². The average molecular weight is 329 g/mol. The van der Waals surface area contributed by atoms with Gasteiger partial charge in [0.05, 0.1) is 4.47 Å². The van der Waals surface area contributed by atoms with Crippen molar-refractivity contribution in [2.24, 2.45) is 0 Å². The number of benzene rings is 1. The standard InChI is InChI=1S/C12H11BrF2N4/c1-5(2)10-17-11(19-12(16)18-10)6-3-4-7(14)9(15)8(6)13/h3-5H,1-2H3,(H2,16,17,18,19). The van der Waals surface area contributed by atoms with Gasteiger partial charge in [-0.25, -0.2) is 13.8 Å². The molecule has 2 aromatic rings. The molecule has 0 radical (unpaired) electrons. The number of aromatic nitrogens is 3. The highest BCUT2D eigenvalue weighted by molar-refractivity contribution is 9.10. The summed E-state index contributed by atoms with van der Waals surface area (Å²) in [6, 6.07) is 2.41. The molecule has 0 aliphatic carbocycles. The molecule has 0 bridgehead atoms. The van der Waals surface area contributed by atoms with E-state index in [4.69, 9.17) is 5.73 Å². The van der Waals surface area contributed by atoms with Gasteiger partial charge in [-0.2, -0.15) is 9.97 Å². The molecule has 4 nitrogen and oxygen atoms in total. The summed E-state index contributed by atoms with van der Waals surface area (Å²) in [5, 5.41) is 0. The van der Waals surface area contributed by atoms with Crippen LogP contribution in [0.3, 0.4) is 0 Å². The van der Waals surface area contributed by atoms with E-state index in [1.54, 1.807) is 0 Å². The summed E-state index contributed by atoms with van der Waals surface area (Å²) >= 11 is 3.00. The van der Waals surface area contributed by atoms with Crippen LogP contribution in [0.1, 0.15) is 25.6 Å². The first-order valence-corrected chi connectivity index (χ1v) is 6.34. The Balaban J connectivity index is 2.62. The SMILES string of the molecule is CC(C)c1nc(N)nc(-c2ccc(F)c(F)c2Br)n1. The zero-order valence-corrected chi connectivity index (χ0v) is 11.9. The Morgan fingerprint density at radius 2 is 1.84 bits per heavy atom. The number of nitrogens with zero attached hydrogens (tertiary/aromatic N) is 3. The van der Waals surface area contributed by atoms with E-state index < -0.39 is 11.6 Å². The zero-order valence-electron chi connectivity index (χ0n) is 10.3. The van der Waals surface area contributed by atoms with E-state index in [0.29, 0.717) is 11.4 Å². The smallest absolute Gasteiger partial charge is 0.223 e. The largest absolute Gasteiger partial charge is 0.368 e. The number of hydrogen-bond acceptors (Lipinski definition) is 4. The molecule has 0 fully saturated rings. The van der Waals surface area contributed by atoms with Crippen LogP contribution in [0.15, 0.2) is 16.6 Å². The molecular weight excluding hydrogens is 318 g/mol. The van der Waals surface area contributed by atoms with Gasteiger partial charge < -0.3 is 5.73 Å². The monoisotopic (exact) mass is 328 g/mol. The predicted molar refractivity (Wildman–Crippen MR) is 71.4 cm³/mol. The van der Waals surface area contributed by atoms with Gasteiger partial charge in [0.2, 0.25) is 5.95 Å². The van der Waals surface area contributed by atoms with Crippen LogP contribution in [0.2, 0.25) is 0 Å². The molecule has 1 aromatic heterocycles. The van der Waals surface area contributed by atoms with E-state index in [9.17, 15) is 8.78 Å². The highest BCUT2D eigenvalue weighted by Gasteiger charge is 2.16. The number of rotatable bonds is 2. The molecule has 0 aliphatic heterocycles. The minimum Gasteiger partial charge on any atom is -0.368 e. The van der Waals surface area contributed by atoms with Crippen LogP contribution in [0.4, 0.5) is 14.7 Å². The van der Waals surface area contributed by atoms with Gasteiger partial charge in [-0.3, -0.25) is 0 Å². The van der Waals surface area contributed by atoms with Crippen LogP contribution >= 0.6 is 15.9 Å². The second-order valence-electron chi connectivity index (χ2n) is 4.25. The van der Waals surface area contributed by atoms with E-state index >= 15 is 0 Å². The maximum absolute atomic E-state index is 13.5. The van der Waals surface area contributed by atoms with Crippen LogP contribution in [0, 0.1) is 11.6 Å². The number of nitrogens with two attached hydrogens (primary N) is 1. The summed E-state index contributed by atoms with van der Waals surface area (Å²) in [7, 11) is 0. The lowest BCUT2D eigenvalue weighted by atomic mass is 10.2. The topological polar surface area (TPSA) is 64.7 Å². The zero-order chi connectivity index (χ0) is 14.2. The molecule has 2 rings (SSSR count). The molecule has 0 atom stereocenters. The quantitative estimate of drug-likeness (QED) is 0.859. The Hall–Kier alpha value is -1.63. The van der Waals surface area contributed by atoms with Crippen molar-refractivity contribution in [1.82, 2.24) is 15.0 Å². The van der Waals surface area contributed by atoms with Gasteiger partial charge in [0, 0.05) is 11.5 Å². The summed E-state index contributed by atoms with van der Waals surface area (Å²) in [5.74, 6) is -1.12. The molecule has 100 valence electrons. The minimum atomic E-state index is -0.984. The predicted octanol–water partition coefficient (Wildman–Crippen LogP) is 3.28. The van der Waals surface area contributed by atoms with Gasteiger partial charge in [-0.15, -0.1) is 0 Å². The Morgan fingerprint density at radius 3 is 2.47 bits per heavy atom. The van der Waals surface area contributed by atoms with Crippen LogP contribution < -0.4 is 5.73 Å². The van der Waals surface area contributed by atoms with Gasteiger partial charge >= 0.3 is 0 Å². The van der Waals surface area contributed by atoms with Crippen molar-refractivity contribution in [3.05, 3.63) is 34.1 Å². The number of hydrogen-bond donors (Lipinski definition) is 1. The van der Waals surface area contributed by atoms with Gasteiger partial charge in [0.25, 0.3) is 0 Å². The van der Waals surface area contributed by atoms with E-state index in [0.717, 1.165) is 6.07 Å². The Labute approximate surface area is 117 Å². The van der Waals surface area contributed by atoms with E-state index in [-0.39, 0.29) is 22.2 Å². The van der Waals surface area contributed by atoms with Crippen molar-refractivity contribution >= 4 is 21.9 Å². The molecule has 0 saturated heterocycles. The Kier molecular flexibility index (Phi) is 3.75. The lowest BCUT2D eigenvalue weighted by Crippen LogP contribution is -2.06. The van der Waals surface area contributed by atoms with Crippen molar-refractivity contribution in [2.75, 3.05) is 5.73 Å². The third kappa shape index (κ3) is 2.70. The van der Waals surface area contributed by atoms with Gasteiger partial charge in [-0.05, 0) is 28.1 Å². The summed E-state index contributed by atoms with van der Waals surface area (Å²) in [4.78, 5) is 12.2. The molecule has 19 heavy (non-hydrogen) atoms. The molecule has 7 heteroatoms. The number of halogens is 3. The van der Waals surface area contributed by atoms with Crippen molar-refractivity contribution in [2.45, 2.75) is 19.8 Å². The molecule has 0 aliphatic rings. The molecule has 0 saturated carbocycles. The van der Waals surface area contributed by atoms with Crippen LogP contribution in [0.5, 0.6) is 0 Å². The van der Waals surface area contributed by atoms with Crippen molar-refractivity contribution in [3.8, 4) is 11.4 Å². The number of nitrogen functional groups attached to an aromatic ring is 1. The summed E-state index contributed by atoms with van der Waals surface area (Å²) < 4.78 is 26.6. The van der Waals surface area contributed by atoms with Crippen LogP contribution in [-0.4, -0.2) is 15.0 Å². The van der Waals surface area contributed by atoms with Crippen molar-refractivity contribution < 1.29 is 8.78 Å². The van der Waals surface area contributed by atoms with Crippen LogP contribution in [0.25, 0.3) is 11.4 Å². The molecule has 1 aromatic carbocycles. The Morgan fingerprint density at radius 1 is 1.16 bits per heavy atom.